The van der Waals surface area contributed by atoms with Crippen LogP contribution in [0.3, 0.4) is 0 Å². The standard InChI is InChI=1S/C17H19N3O/c1-14(2)11-17(21)20(12-15-3-7-18-8-4-15)13-16-5-9-19-10-6-16/h3-11H,12-13H2,1-2H3. The molecule has 0 aliphatic carbocycles. The Balaban J connectivity index is 2.18. The molecule has 0 aliphatic rings. The van der Waals surface area contributed by atoms with E-state index in [4.69, 9.17) is 0 Å². The average molecular weight is 281 g/mol. The summed E-state index contributed by atoms with van der Waals surface area (Å²) in [6.45, 7) is 4.98. The molecule has 0 aromatic carbocycles. The Morgan fingerprint density at radius 2 is 1.38 bits per heavy atom. The van der Waals surface area contributed by atoms with E-state index in [1.807, 2.05) is 43.0 Å². The summed E-state index contributed by atoms with van der Waals surface area (Å²) < 4.78 is 0. The number of aromatic nitrogens is 2. The molecule has 0 N–H and O–H groups in total. The molecule has 4 heteroatoms. The van der Waals surface area contributed by atoms with Crippen molar-refractivity contribution in [3.8, 4) is 0 Å². The Hall–Kier alpha value is -2.49. The lowest BCUT2D eigenvalue weighted by molar-refractivity contribution is -0.127. The van der Waals surface area contributed by atoms with E-state index in [0.717, 1.165) is 16.7 Å². The monoisotopic (exact) mass is 281 g/mol. The van der Waals surface area contributed by atoms with Crippen LogP contribution in [-0.2, 0) is 17.9 Å². The van der Waals surface area contributed by atoms with Crippen LogP contribution in [0.25, 0.3) is 0 Å². The molecule has 1 amide bonds. The minimum Gasteiger partial charge on any atom is -0.331 e. The highest BCUT2D eigenvalue weighted by Gasteiger charge is 2.12. The number of allylic oxidation sites excluding steroid dienone is 1. The van der Waals surface area contributed by atoms with Crippen LogP contribution in [-0.4, -0.2) is 20.8 Å². The summed E-state index contributed by atoms with van der Waals surface area (Å²) >= 11 is 0. The molecule has 2 aromatic rings. The van der Waals surface area contributed by atoms with Crippen molar-refractivity contribution in [1.82, 2.24) is 14.9 Å². The Morgan fingerprint density at radius 1 is 0.952 bits per heavy atom. The van der Waals surface area contributed by atoms with Crippen molar-refractivity contribution in [3.05, 3.63) is 71.8 Å². The highest BCUT2D eigenvalue weighted by Crippen LogP contribution is 2.10. The van der Waals surface area contributed by atoms with Crippen molar-refractivity contribution in [3.63, 3.8) is 0 Å². The summed E-state index contributed by atoms with van der Waals surface area (Å²) in [6.07, 6.45) is 8.63. The van der Waals surface area contributed by atoms with Gasteiger partial charge in [0.05, 0.1) is 0 Å². The lowest BCUT2D eigenvalue weighted by Gasteiger charge is -2.21. The zero-order valence-corrected chi connectivity index (χ0v) is 12.4. The molecule has 0 aliphatic heterocycles. The van der Waals surface area contributed by atoms with E-state index in [9.17, 15) is 4.79 Å². The van der Waals surface area contributed by atoms with E-state index in [1.165, 1.54) is 0 Å². The van der Waals surface area contributed by atoms with Gasteiger partial charge in [-0.25, -0.2) is 0 Å². The molecule has 108 valence electrons. The fraction of sp³-hybridized carbons (Fsp3) is 0.235. The molecule has 0 bridgehead atoms. The van der Waals surface area contributed by atoms with E-state index in [2.05, 4.69) is 9.97 Å². The number of pyridine rings is 2. The van der Waals surface area contributed by atoms with Crippen LogP contribution in [0.2, 0.25) is 0 Å². The van der Waals surface area contributed by atoms with Crippen molar-refractivity contribution < 1.29 is 4.79 Å². The van der Waals surface area contributed by atoms with Gasteiger partial charge in [-0.2, -0.15) is 0 Å². The predicted molar refractivity (Wildman–Crippen MR) is 82.2 cm³/mol. The number of rotatable bonds is 5. The van der Waals surface area contributed by atoms with Crippen molar-refractivity contribution in [2.45, 2.75) is 26.9 Å². The highest BCUT2D eigenvalue weighted by atomic mass is 16.2. The maximum Gasteiger partial charge on any atom is 0.247 e. The third-order valence-electron chi connectivity index (χ3n) is 2.97. The average Bonchev–Trinajstić information content (AvgIpc) is 2.48. The second-order valence-corrected chi connectivity index (χ2v) is 5.13. The van der Waals surface area contributed by atoms with Crippen molar-refractivity contribution in [1.29, 1.82) is 0 Å². The number of carbonyl (C=O) groups excluding carboxylic acids is 1. The molecular weight excluding hydrogens is 262 g/mol. The van der Waals surface area contributed by atoms with Gasteiger partial charge in [0.2, 0.25) is 5.91 Å². The summed E-state index contributed by atoms with van der Waals surface area (Å²) in [5, 5.41) is 0. The number of carbonyl (C=O) groups is 1. The first-order valence-corrected chi connectivity index (χ1v) is 6.87. The fourth-order valence-electron chi connectivity index (χ4n) is 1.97. The van der Waals surface area contributed by atoms with Crippen molar-refractivity contribution in [2.75, 3.05) is 0 Å². The summed E-state index contributed by atoms with van der Waals surface area (Å²) in [6, 6.07) is 7.70. The third-order valence-corrected chi connectivity index (χ3v) is 2.97. The van der Waals surface area contributed by atoms with Gasteiger partial charge in [0, 0.05) is 44.0 Å². The van der Waals surface area contributed by atoms with E-state index in [0.29, 0.717) is 13.1 Å². The minimum absolute atomic E-state index is 0.0172. The SMILES string of the molecule is CC(C)=CC(=O)N(Cc1ccncc1)Cc1ccncc1. The molecule has 0 saturated heterocycles. The van der Waals surface area contributed by atoms with E-state index >= 15 is 0 Å². The van der Waals surface area contributed by atoms with E-state index in [1.54, 1.807) is 30.9 Å². The molecule has 0 spiro atoms. The number of amides is 1. The molecule has 4 nitrogen and oxygen atoms in total. The summed E-state index contributed by atoms with van der Waals surface area (Å²) in [5.74, 6) is 0.0172. The van der Waals surface area contributed by atoms with Crippen LogP contribution in [0.1, 0.15) is 25.0 Å². The molecule has 0 fully saturated rings. The second-order valence-electron chi connectivity index (χ2n) is 5.13. The lowest BCUT2D eigenvalue weighted by Crippen LogP contribution is -2.28. The van der Waals surface area contributed by atoms with Crippen LogP contribution < -0.4 is 0 Å². The van der Waals surface area contributed by atoms with Gasteiger partial charge in [0.15, 0.2) is 0 Å². The number of hydrogen-bond acceptors (Lipinski definition) is 3. The predicted octanol–water partition coefficient (Wildman–Crippen LogP) is 2.97. The number of nitrogens with zero attached hydrogens (tertiary/aromatic N) is 3. The van der Waals surface area contributed by atoms with Crippen LogP contribution in [0.15, 0.2) is 60.7 Å². The van der Waals surface area contributed by atoms with Gasteiger partial charge >= 0.3 is 0 Å². The smallest absolute Gasteiger partial charge is 0.247 e. The van der Waals surface area contributed by atoms with Crippen LogP contribution in [0.4, 0.5) is 0 Å². The lowest BCUT2D eigenvalue weighted by atomic mass is 10.2. The van der Waals surface area contributed by atoms with Crippen LogP contribution in [0, 0.1) is 0 Å². The Bertz CT molecular complexity index is 563. The summed E-state index contributed by atoms with van der Waals surface area (Å²) in [7, 11) is 0. The molecule has 2 aromatic heterocycles. The maximum atomic E-state index is 12.4. The van der Waals surface area contributed by atoms with Gasteiger partial charge in [-0.15, -0.1) is 0 Å². The van der Waals surface area contributed by atoms with Gasteiger partial charge in [-0.05, 0) is 49.2 Å². The van der Waals surface area contributed by atoms with Crippen LogP contribution in [0.5, 0.6) is 0 Å². The zero-order chi connectivity index (χ0) is 15.1. The first kappa shape index (κ1) is 14.9. The summed E-state index contributed by atoms with van der Waals surface area (Å²) in [5.41, 5.74) is 3.12. The van der Waals surface area contributed by atoms with Gasteiger partial charge in [0.1, 0.15) is 0 Å². The van der Waals surface area contributed by atoms with Gasteiger partial charge < -0.3 is 4.90 Å². The highest BCUT2D eigenvalue weighted by molar-refractivity contribution is 5.88. The molecule has 0 unspecified atom stereocenters. The molecule has 0 saturated carbocycles. The Labute approximate surface area is 125 Å². The summed E-state index contributed by atoms with van der Waals surface area (Å²) in [4.78, 5) is 22.2. The minimum atomic E-state index is 0.0172. The Kier molecular flexibility index (Phi) is 5.21. The first-order chi connectivity index (χ1) is 10.1. The van der Waals surface area contributed by atoms with Crippen LogP contribution >= 0.6 is 0 Å². The first-order valence-electron chi connectivity index (χ1n) is 6.87. The maximum absolute atomic E-state index is 12.4. The topological polar surface area (TPSA) is 46.1 Å². The second kappa shape index (κ2) is 7.33. The van der Waals surface area contributed by atoms with Gasteiger partial charge in [-0.1, -0.05) is 5.57 Å². The Morgan fingerprint density at radius 3 is 1.76 bits per heavy atom. The number of hydrogen-bond donors (Lipinski definition) is 0. The zero-order valence-electron chi connectivity index (χ0n) is 12.4. The molecule has 0 atom stereocenters. The quantitative estimate of drug-likeness (QED) is 0.792. The van der Waals surface area contributed by atoms with E-state index in [-0.39, 0.29) is 5.91 Å². The van der Waals surface area contributed by atoms with Crippen molar-refractivity contribution in [2.24, 2.45) is 0 Å². The largest absolute Gasteiger partial charge is 0.331 e. The normalized spacial score (nSPS) is 10.0. The van der Waals surface area contributed by atoms with Gasteiger partial charge in [-0.3, -0.25) is 14.8 Å². The van der Waals surface area contributed by atoms with Crippen molar-refractivity contribution >= 4 is 5.91 Å². The third kappa shape index (κ3) is 4.84. The van der Waals surface area contributed by atoms with E-state index < -0.39 is 0 Å². The molecule has 21 heavy (non-hydrogen) atoms. The molecule has 2 rings (SSSR count). The molecular formula is C17H19N3O. The fourth-order valence-corrected chi connectivity index (χ4v) is 1.97. The molecule has 0 radical (unpaired) electrons. The molecule has 2 heterocycles. The van der Waals surface area contributed by atoms with Gasteiger partial charge in [0.25, 0.3) is 0 Å².